The van der Waals surface area contributed by atoms with Gasteiger partial charge in [-0.1, -0.05) is 19.3 Å². The van der Waals surface area contributed by atoms with E-state index in [9.17, 15) is 0 Å². The predicted molar refractivity (Wildman–Crippen MR) is 101 cm³/mol. The summed E-state index contributed by atoms with van der Waals surface area (Å²) in [5, 5.41) is 7.93. The maximum atomic E-state index is 5.55. The summed E-state index contributed by atoms with van der Waals surface area (Å²) in [5.74, 6) is 1.79. The third-order valence-corrected chi connectivity index (χ3v) is 4.89. The summed E-state index contributed by atoms with van der Waals surface area (Å²) in [7, 11) is 2.05. The van der Waals surface area contributed by atoms with Gasteiger partial charge in [0.2, 0.25) is 5.95 Å². The lowest BCUT2D eigenvalue weighted by atomic mass is 9.86. The number of nitrogens with one attached hydrogen (secondary N) is 1. The Hall–Kier alpha value is -2.64. The maximum absolute atomic E-state index is 5.55. The van der Waals surface area contributed by atoms with Crippen molar-refractivity contribution >= 4 is 30.7 Å². The molecular formula is C17H22BN7. The van der Waals surface area contributed by atoms with Crippen molar-refractivity contribution in [3.63, 3.8) is 0 Å². The number of nitrogen functional groups attached to an aromatic ring is 1. The fourth-order valence-electron chi connectivity index (χ4n) is 3.47. The van der Waals surface area contributed by atoms with E-state index < -0.39 is 0 Å². The normalized spacial score (nSPS) is 15.5. The number of aromatic nitrogens is 5. The van der Waals surface area contributed by atoms with E-state index >= 15 is 0 Å². The highest BCUT2D eigenvalue weighted by Crippen LogP contribution is 2.32. The minimum Gasteiger partial charge on any atom is -0.368 e. The molecule has 0 bridgehead atoms. The first-order valence-electron chi connectivity index (χ1n) is 8.86. The highest BCUT2D eigenvalue weighted by Gasteiger charge is 2.19. The Morgan fingerprint density at radius 3 is 2.68 bits per heavy atom. The molecule has 3 aromatic rings. The average molecular weight is 335 g/mol. The first-order valence-corrected chi connectivity index (χ1v) is 8.86. The third kappa shape index (κ3) is 3.29. The van der Waals surface area contributed by atoms with Crippen molar-refractivity contribution in [3.8, 4) is 0 Å². The van der Waals surface area contributed by atoms with Crippen LogP contribution in [0.3, 0.4) is 0 Å². The second-order valence-corrected chi connectivity index (χ2v) is 6.77. The molecule has 3 aromatic heterocycles. The van der Waals surface area contributed by atoms with Gasteiger partial charge in [0.05, 0.1) is 0 Å². The van der Waals surface area contributed by atoms with Crippen LogP contribution in [0.25, 0.3) is 5.65 Å². The van der Waals surface area contributed by atoms with Crippen molar-refractivity contribution in [2.24, 2.45) is 0 Å². The second-order valence-electron chi connectivity index (χ2n) is 6.77. The quantitative estimate of drug-likeness (QED) is 0.692. The summed E-state index contributed by atoms with van der Waals surface area (Å²) < 4.78 is 1.87. The van der Waals surface area contributed by atoms with Crippen molar-refractivity contribution < 1.29 is 0 Å². The zero-order valence-electron chi connectivity index (χ0n) is 14.4. The van der Waals surface area contributed by atoms with Crippen LogP contribution >= 0.6 is 0 Å². The largest absolute Gasteiger partial charge is 0.368 e. The van der Waals surface area contributed by atoms with Gasteiger partial charge in [-0.25, -0.2) is 15.0 Å². The summed E-state index contributed by atoms with van der Waals surface area (Å²) in [6, 6.07) is 2.15. The molecule has 3 heterocycles. The van der Waals surface area contributed by atoms with Crippen LogP contribution < -0.4 is 16.5 Å². The molecule has 128 valence electrons. The van der Waals surface area contributed by atoms with E-state index in [1.54, 1.807) is 12.4 Å². The number of anilines is 2. The molecule has 1 aliphatic carbocycles. The molecule has 1 saturated carbocycles. The Morgan fingerprint density at radius 2 is 1.92 bits per heavy atom. The molecule has 0 amide bonds. The first kappa shape index (κ1) is 15.9. The summed E-state index contributed by atoms with van der Waals surface area (Å²) >= 11 is 0. The Kier molecular flexibility index (Phi) is 4.25. The fourth-order valence-corrected chi connectivity index (χ4v) is 3.47. The van der Waals surface area contributed by atoms with E-state index in [-0.39, 0.29) is 5.95 Å². The minimum atomic E-state index is 0.289. The highest BCUT2D eigenvalue weighted by molar-refractivity contribution is 6.36. The molecule has 25 heavy (non-hydrogen) atoms. The van der Waals surface area contributed by atoms with Crippen molar-refractivity contribution in [3.05, 3.63) is 35.9 Å². The third-order valence-electron chi connectivity index (χ3n) is 4.89. The van der Waals surface area contributed by atoms with E-state index in [4.69, 9.17) is 10.7 Å². The molecule has 4 rings (SSSR count). The standard InChI is InChI=1S/C17H22BN7/c18-13-10-23-25-15(20-7-11-8-21-17(19)22-9-11)6-14(24-16(13)25)12-4-2-1-3-5-12/h6,8-10,12,20H,1-5,7,18H2,(H2,19,21,22). The van der Waals surface area contributed by atoms with Gasteiger partial charge in [0.1, 0.15) is 13.7 Å². The van der Waals surface area contributed by atoms with Crippen LogP contribution in [-0.2, 0) is 6.54 Å². The molecule has 0 aliphatic heterocycles. The van der Waals surface area contributed by atoms with Crippen molar-refractivity contribution in [1.29, 1.82) is 0 Å². The number of nitrogens with zero attached hydrogens (tertiary/aromatic N) is 5. The second kappa shape index (κ2) is 6.70. The van der Waals surface area contributed by atoms with Crippen LogP contribution in [0.4, 0.5) is 11.8 Å². The Labute approximate surface area is 147 Å². The van der Waals surface area contributed by atoms with Gasteiger partial charge in [0.25, 0.3) is 0 Å². The van der Waals surface area contributed by atoms with Crippen LogP contribution in [0.2, 0.25) is 0 Å². The van der Waals surface area contributed by atoms with Gasteiger partial charge in [0.15, 0.2) is 5.65 Å². The molecule has 0 saturated heterocycles. The summed E-state index contributed by atoms with van der Waals surface area (Å²) in [5.41, 5.74) is 9.72. The van der Waals surface area contributed by atoms with Crippen LogP contribution in [0.1, 0.15) is 49.3 Å². The molecule has 1 fully saturated rings. The van der Waals surface area contributed by atoms with Crippen molar-refractivity contribution in [1.82, 2.24) is 24.6 Å². The smallest absolute Gasteiger partial charge is 0.219 e. The molecule has 7 nitrogen and oxygen atoms in total. The Morgan fingerprint density at radius 1 is 1.16 bits per heavy atom. The summed E-state index contributed by atoms with van der Waals surface area (Å²) in [4.78, 5) is 13.0. The Balaban J connectivity index is 1.64. The zero-order valence-corrected chi connectivity index (χ0v) is 14.4. The van der Waals surface area contributed by atoms with Crippen LogP contribution in [0, 0.1) is 0 Å². The van der Waals surface area contributed by atoms with Gasteiger partial charge < -0.3 is 11.1 Å². The van der Waals surface area contributed by atoms with Gasteiger partial charge in [-0.2, -0.15) is 9.61 Å². The van der Waals surface area contributed by atoms with Crippen LogP contribution in [-0.4, -0.2) is 32.4 Å². The number of fused-ring (bicyclic) bond motifs is 1. The fraction of sp³-hybridized carbons (Fsp3) is 0.412. The lowest BCUT2D eigenvalue weighted by Gasteiger charge is -2.22. The van der Waals surface area contributed by atoms with Gasteiger partial charge >= 0.3 is 0 Å². The molecular weight excluding hydrogens is 313 g/mol. The van der Waals surface area contributed by atoms with Crippen LogP contribution in [0.5, 0.6) is 0 Å². The van der Waals surface area contributed by atoms with E-state index in [1.807, 2.05) is 10.7 Å². The van der Waals surface area contributed by atoms with Gasteiger partial charge in [-0.05, 0) is 18.3 Å². The SMILES string of the molecule is Bc1cnn2c(NCc3cnc(N)nc3)cc(C3CCCCC3)nc12. The van der Waals surface area contributed by atoms with Crippen molar-refractivity contribution in [2.45, 2.75) is 44.6 Å². The molecule has 0 radical (unpaired) electrons. The number of nitrogens with two attached hydrogens (primary N) is 1. The van der Waals surface area contributed by atoms with E-state index in [0.717, 1.165) is 22.5 Å². The monoisotopic (exact) mass is 335 g/mol. The van der Waals surface area contributed by atoms with Gasteiger partial charge in [-0.15, -0.1) is 0 Å². The maximum Gasteiger partial charge on any atom is 0.219 e. The molecule has 0 aromatic carbocycles. The molecule has 3 N–H and O–H groups in total. The predicted octanol–water partition coefficient (Wildman–Crippen LogP) is 1.02. The number of hydrogen-bond donors (Lipinski definition) is 2. The van der Waals surface area contributed by atoms with Gasteiger partial charge in [0, 0.05) is 48.4 Å². The lowest BCUT2D eigenvalue weighted by Crippen LogP contribution is -2.14. The van der Waals surface area contributed by atoms with E-state index in [0.29, 0.717) is 12.5 Å². The topological polar surface area (TPSA) is 94.0 Å². The van der Waals surface area contributed by atoms with Crippen molar-refractivity contribution in [2.75, 3.05) is 11.1 Å². The first-order chi connectivity index (χ1) is 12.2. The molecule has 1 aliphatic rings. The molecule has 8 heteroatoms. The highest BCUT2D eigenvalue weighted by atomic mass is 15.3. The summed E-state index contributed by atoms with van der Waals surface area (Å²) in [6.07, 6.45) is 11.7. The van der Waals surface area contributed by atoms with Crippen LogP contribution in [0.15, 0.2) is 24.7 Å². The van der Waals surface area contributed by atoms with E-state index in [2.05, 4.69) is 34.3 Å². The molecule has 0 unspecified atom stereocenters. The number of hydrogen-bond acceptors (Lipinski definition) is 6. The lowest BCUT2D eigenvalue weighted by molar-refractivity contribution is 0.437. The average Bonchev–Trinajstić information content (AvgIpc) is 3.03. The molecule has 0 spiro atoms. The van der Waals surface area contributed by atoms with Gasteiger partial charge in [-0.3, -0.25) is 0 Å². The number of rotatable bonds is 4. The van der Waals surface area contributed by atoms with E-state index in [1.165, 1.54) is 37.8 Å². The molecule has 0 atom stereocenters. The zero-order chi connectivity index (χ0) is 17.2. The minimum absolute atomic E-state index is 0.289. The Bertz CT molecular complexity index is 869. The summed E-state index contributed by atoms with van der Waals surface area (Å²) in [6.45, 7) is 0.613.